The van der Waals surface area contributed by atoms with Gasteiger partial charge in [0.1, 0.15) is 0 Å². The second-order valence-electron chi connectivity index (χ2n) is 4.71. The number of rotatable bonds is 7. The number of hydrogen-bond donors (Lipinski definition) is 1. The third-order valence-corrected chi connectivity index (χ3v) is 3.23. The van der Waals surface area contributed by atoms with Crippen LogP contribution in [0.25, 0.3) is 0 Å². The van der Waals surface area contributed by atoms with Crippen LogP contribution < -0.4 is 5.32 Å². The molecule has 2 nitrogen and oxygen atoms in total. The maximum absolute atomic E-state index is 4.99. The molecule has 0 spiro atoms. The van der Waals surface area contributed by atoms with Gasteiger partial charge in [-0.2, -0.15) is 0 Å². The van der Waals surface area contributed by atoms with E-state index >= 15 is 0 Å². The Bertz CT molecular complexity index is 347. The Morgan fingerprint density at radius 1 is 1.00 bits per heavy atom. The molecule has 1 aromatic rings. The van der Waals surface area contributed by atoms with Gasteiger partial charge >= 0.3 is 0 Å². The van der Waals surface area contributed by atoms with Crippen LogP contribution in [-0.2, 0) is 11.2 Å². The van der Waals surface area contributed by atoms with Gasteiger partial charge in [0, 0.05) is 13.7 Å². The van der Waals surface area contributed by atoms with E-state index in [1.54, 1.807) is 7.11 Å². The molecule has 17 heavy (non-hydrogen) atoms. The first-order valence-electron chi connectivity index (χ1n) is 6.41. The van der Waals surface area contributed by atoms with Crippen molar-refractivity contribution in [2.24, 2.45) is 0 Å². The summed E-state index contributed by atoms with van der Waals surface area (Å²) in [4.78, 5) is 0. The fourth-order valence-corrected chi connectivity index (χ4v) is 1.99. The summed E-state index contributed by atoms with van der Waals surface area (Å²) < 4.78 is 4.99. The van der Waals surface area contributed by atoms with Crippen molar-refractivity contribution in [1.29, 1.82) is 0 Å². The summed E-state index contributed by atoms with van der Waals surface area (Å²) in [6, 6.07) is 4.63. The normalized spacial score (nSPS) is 10.8. The van der Waals surface area contributed by atoms with Gasteiger partial charge in [0.05, 0.1) is 6.61 Å². The molecule has 0 aliphatic rings. The zero-order valence-electron chi connectivity index (χ0n) is 11.6. The average Bonchev–Trinajstić information content (AvgIpc) is 2.30. The zero-order valence-corrected chi connectivity index (χ0v) is 11.6. The highest BCUT2D eigenvalue weighted by Gasteiger charge is 2.01. The number of nitrogens with one attached hydrogen (secondary N) is 1. The summed E-state index contributed by atoms with van der Waals surface area (Å²) in [5.41, 5.74) is 5.70. The molecule has 0 aromatic heterocycles. The molecule has 0 unspecified atom stereocenters. The van der Waals surface area contributed by atoms with Crippen LogP contribution in [0.5, 0.6) is 0 Å². The van der Waals surface area contributed by atoms with Crippen LogP contribution in [0.2, 0.25) is 0 Å². The van der Waals surface area contributed by atoms with Gasteiger partial charge in [-0.25, -0.2) is 0 Å². The molecule has 1 aromatic carbocycles. The van der Waals surface area contributed by atoms with Crippen LogP contribution in [0.4, 0.5) is 0 Å². The maximum atomic E-state index is 4.99. The van der Waals surface area contributed by atoms with E-state index in [4.69, 9.17) is 4.74 Å². The predicted octanol–water partition coefficient (Wildman–Crippen LogP) is 2.78. The maximum Gasteiger partial charge on any atom is 0.0587 e. The third kappa shape index (κ3) is 4.88. The van der Waals surface area contributed by atoms with Gasteiger partial charge in [0.25, 0.3) is 0 Å². The number of ether oxygens (including phenoxy) is 1. The second-order valence-corrected chi connectivity index (χ2v) is 4.71. The van der Waals surface area contributed by atoms with E-state index in [9.17, 15) is 0 Å². The molecule has 0 atom stereocenters. The van der Waals surface area contributed by atoms with E-state index in [2.05, 4.69) is 38.2 Å². The van der Waals surface area contributed by atoms with E-state index in [0.29, 0.717) is 0 Å². The van der Waals surface area contributed by atoms with E-state index in [1.807, 2.05) is 0 Å². The van der Waals surface area contributed by atoms with Crippen molar-refractivity contribution < 1.29 is 4.74 Å². The Hall–Kier alpha value is -0.860. The first-order valence-corrected chi connectivity index (χ1v) is 6.41. The van der Waals surface area contributed by atoms with Gasteiger partial charge in [0.15, 0.2) is 0 Å². The Morgan fingerprint density at radius 3 is 2.41 bits per heavy atom. The summed E-state index contributed by atoms with van der Waals surface area (Å²) in [6.07, 6.45) is 2.35. The Labute approximate surface area is 105 Å². The van der Waals surface area contributed by atoms with Gasteiger partial charge in [-0.05, 0) is 62.4 Å². The fraction of sp³-hybridized carbons (Fsp3) is 0.600. The van der Waals surface area contributed by atoms with Crippen molar-refractivity contribution >= 4 is 0 Å². The van der Waals surface area contributed by atoms with E-state index in [-0.39, 0.29) is 0 Å². The molecular formula is C15H25NO. The lowest BCUT2D eigenvalue weighted by atomic mass is 9.98. The van der Waals surface area contributed by atoms with Crippen LogP contribution in [0.3, 0.4) is 0 Å². The molecule has 0 fully saturated rings. The van der Waals surface area contributed by atoms with Crippen molar-refractivity contribution in [1.82, 2.24) is 5.32 Å². The molecule has 0 saturated carbocycles. The second kappa shape index (κ2) is 7.46. The number of methoxy groups -OCH3 is 1. The van der Waals surface area contributed by atoms with Gasteiger partial charge < -0.3 is 10.1 Å². The molecule has 0 amide bonds. The highest BCUT2D eigenvalue weighted by atomic mass is 16.5. The van der Waals surface area contributed by atoms with Crippen LogP contribution in [0, 0.1) is 20.8 Å². The fourth-order valence-electron chi connectivity index (χ4n) is 1.99. The molecule has 2 heteroatoms. The van der Waals surface area contributed by atoms with Crippen molar-refractivity contribution in [3.05, 3.63) is 34.4 Å². The topological polar surface area (TPSA) is 21.3 Å². The summed E-state index contributed by atoms with van der Waals surface area (Å²) in [5, 5.41) is 3.38. The number of hydrogen-bond acceptors (Lipinski definition) is 2. The van der Waals surface area contributed by atoms with Gasteiger partial charge in [-0.1, -0.05) is 12.1 Å². The summed E-state index contributed by atoms with van der Waals surface area (Å²) in [6.45, 7) is 9.38. The first kappa shape index (κ1) is 14.2. The lowest BCUT2D eigenvalue weighted by Crippen LogP contribution is -2.20. The minimum atomic E-state index is 0.794. The SMILES string of the molecule is COCCNCCCc1cc(C)c(C)cc1C. The summed E-state index contributed by atoms with van der Waals surface area (Å²) in [5.74, 6) is 0. The van der Waals surface area contributed by atoms with E-state index < -0.39 is 0 Å². The molecular weight excluding hydrogens is 210 g/mol. The lowest BCUT2D eigenvalue weighted by Gasteiger charge is -2.10. The van der Waals surface area contributed by atoms with Crippen molar-refractivity contribution in [2.75, 3.05) is 26.8 Å². The minimum absolute atomic E-state index is 0.794. The van der Waals surface area contributed by atoms with Gasteiger partial charge in [-0.15, -0.1) is 0 Å². The van der Waals surface area contributed by atoms with Crippen LogP contribution in [-0.4, -0.2) is 26.8 Å². The molecule has 0 aliphatic carbocycles. The van der Waals surface area contributed by atoms with E-state index in [1.165, 1.54) is 28.7 Å². The highest BCUT2D eigenvalue weighted by molar-refractivity contribution is 5.36. The van der Waals surface area contributed by atoms with Gasteiger partial charge in [-0.3, -0.25) is 0 Å². The lowest BCUT2D eigenvalue weighted by molar-refractivity contribution is 0.199. The summed E-state index contributed by atoms with van der Waals surface area (Å²) in [7, 11) is 1.74. The molecule has 1 N–H and O–H groups in total. The van der Waals surface area contributed by atoms with Crippen LogP contribution in [0.1, 0.15) is 28.7 Å². The minimum Gasteiger partial charge on any atom is -0.383 e. The quantitative estimate of drug-likeness (QED) is 0.734. The Morgan fingerprint density at radius 2 is 1.71 bits per heavy atom. The Balaban J connectivity index is 2.34. The Kier molecular flexibility index (Phi) is 6.23. The number of benzene rings is 1. The standard InChI is InChI=1S/C15H25NO/c1-12-10-14(3)15(11-13(12)2)6-5-7-16-8-9-17-4/h10-11,16H,5-9H2,1-4H3. The molecule has 0 radical (unpaired) electrons. The monoisotopic (exact) mass is 235 g/mol. The van der Waals surface area contributed by atoms with Crippen molar-refractivity contribution in [2.45, 2.75) is 33.6 Å². The molecule has 0 heterocycles. The molecule has 0 aliphatic heterocycles. The molecule has 0 saturated heterocycles. The predicted molar refractivity (Wildman–Crippen MR) is 73.7 cm³/mol. The van der Waals surface area contributed by atoms with Crippen molar-refractivity contribution in [3.63, 3.8) is 0 Å². The number of aryl methyl sites for hydroxylation is 4. The zero-order chi connectivity index (χ0) is 12.7. The first-order chi connectivity index (χ1) is 8.15. The largest absolute Gasteiger partial charge is 0.383 e. The molecule has 96 valence electrons. The van der Waals surface area contributed by atoms with Crippen LogP contribution in [0.15, 0.2) is 12.1 Å². The highest BCUT2D eigenvalue weighted by Crippen LogP contribution is 2.16. The molecule has 1 rings (SSSR count). The van der Waals surface area contributed by atoms with Crippen LogP contribution >= 0.6 is 0 Å². The summed E-state index contributed by atoms with van der Waals surface area (Å²) >= 11 is 0. The third-order valence-electron chi connectivity index (χ3n) is 3.23. The van der Waals surface area contributed by atoms with Crippen molar-refractivity contribution in [3.8, 4) is 0 Å². The smallest absolute Gasteiger partial charge is 0.0587 e. The molecule has 0 bridgehead atoms. The van der Waals surface area contributed by atoms with E-state index in [0.717, 1.165) is 26.1 Å². The van der Waals surface area contributed by atoms with Gasteiger partial charge in [0.2, 0.25) is 0 Å². The average molecular weight is 235 g/mol.